The fourth-order valence-corrected chi connectivity index (χ4v) is 2.34. The Morgan fingerprint density at radius 3 is 3.00 bits per heavy atom. The molecule has 1 aliphatic heterocycles. The van der Waals surface area contributed by atoms with Crippen molar-refractivity contribution >= 4 is 0 Å². The van der Waals surface area contributed by atoms with E-state index in [4.69, 9.17) is 9.47 Å². The van der Waals surface area contributed by atoms with E-state index in [0.29, 0.717) is 18.9 Å². The molecule has 1 aromatic heterocycles. The number of aliphatic hydroxyl groups is 1. The lowest BCUT2D eigenvalue weighted by atomic mass is 10.1. The summed E-state index contributed by atoms with van der Waals surface area (Å²) in [5.41, 5.74) is 1.01. The third kappa shape index (κ3) is 3.99. The molecule has 0 bridgehead atoms. The maximum Gasteiger partial charge on any atom is 0.183 e. The number of methoxy groups -OCH3 is 1. The highest BCUT2D eigenvalue weighted by atomic mass is 16.7. The van der Waals surface area contributed by atoms with Crippen LogP contribution in [0.1, 0.15) is 32.4 Å². The highest BCUT2D eigenvalue weighted by molar-refractivity contribution is 4.93. The minimum absolute atomic E-state index is 0.0157. The van der Waals surface area contributed by atoms with E-state index in [1.165, 1.54) is 0 Å². The molecule has 19 heavy (non-hydrogen) atoms. The van der Waals surface area contributed by atoms with Gasteiger partial charge in [0.25, 0.3) is 0 Å². The zero-order valence-corrected chi connectivity index (χ0v) is 11.8. The van der Waals surface area contributed by atoms with Crippen LogP contribution < -0.4 is 0 Å². The SMILES string of the molecule is CO[C@@H]1OC(Cn2cc(CC(C)C)nn2)CCC1O. The molecule has 0 radical (unpaired) electrons. The first-order chi connectivity index (χ1) is 9.08. The van der Waals surface area contributed by atoms with Gasteiger partial charge in [0.05, 0.1) is 18.3 Å². The Hall–Kier alpha value is -0.980. The molecule has 108 valence electrons. The van der Waals surface area contributed by atoms with Crippen LogP contribution in [0.2, 0.25) is 0 Å². The summed E-state index contributed by atoms with van der Waals surface area (Å²) in [6.07, 6.45) is 3.35. The molecule has 1 saturated heterocycles. The molecule has 1 aromatic rings. The standard InChI is InChI=1S/C13H23N3O3/c1-9(2)6-10-7-16(15-14-10)8-11-4-5-12(17)13(18-3)19-11/h7,9,11-13,17H,4-6,8H2,1-3H3/t11?,12?,13-/m1/s1. The van der Waals surface area contributed by atoms with E-state index in [1.54, 1.807) is 7.11 Å². The van der Waals surface area contributed by atoms with Crippen LogP contribution in [0.25, 0.3) is 0 Å². The Bertz CT molecular complexity index is 394. The molecule has 3 atom stereocenters. The first-order valence-corrected chi connectivity index (χ1v) is 6.83. The number of hydrogen-bond acceptors (Lipinski definition) is 5. The number of aromatic nitrogens is 3. The van der Waals surface area contributed by atoms with Crippen molar-refractivity contribution in [3.63, 3.8) is 0 Å². The smallest absolute Gasteiger partial charge is 0.183 e. The highest BCUT2D eigenvalue weighted by Gasteiger charge is 2.30. The molecule has 0 saturated carbocycles. The first-order valence-electron chi connectivity index (χ1n) is 6.83. The number of nitrogens with zero attached hydrogens (tertiary/aromatic N) is 3. The molecular weight excluding hydrogens is 246 g/mol. The van der Waals surface area contributed by atoms with Gasteiger partial charge in [0.15, 0.2) is 6.29 Å². The average molecular weight is 269 g/mol. The Morgan fingerprint density at radius 1 is 1.53 bits per heavy atom. The Balaban J connectivity index is 1.88. The minimum Gasteiger partial charge on any atom is -0.388 e. The fraction of sp³-hybridized carbons (Fsp3) is 0.846. The van der Waals surface area contributed by atoms with E-state index in [0.717, 1.165) is 18.5 Å². The summed E-state index contributed by atoms with van der Waals surface area (Å²) in [7, 11) is 1.55. The van der Waals surface area contributed by atoms with Gasteiger partial charge in [-0.3, -0.25) is 0 Å². The van der Waals surface area contributed by atoms with Crippen molar-refractivity contribution in [1.82, 2.24) is 15.0 Å². The summed E-state index contributed by atoms with van der Waals surface area (Å²) >= 11 is 0. The second kappa shape index (κ2) is 6.45. The Morgan fingerprint density at radius 2 is 2.32 bits per heavy atom. The van der Waals surface area contributed by atoms with Crippen LogP contribution in [-0.4, -0.2) is 45.7 Å². The van der Waals surface area contributed by atoms with Gasteiger partial charge in [-0.05, 0) is 25.2 Å². The van der Waals surface area contributed by atoms with Gasteiger partial charge < -0.3 is 14.6 Å². The molecule has 0 aliphatic carbocycles. The lowest BCUT2D eigenvalue weighted by molar-refractivity contribution is -0.231. The highest BCUT2D eigenvalue weighted by Crippen LogP contribution is 2.21. The summed E-state index contributed by atoms with van der Waals surface area (Å²) in [5.74, 6) is 0.573. The molecule has 0 aromatic carbocycles. The summed E-state index contributed by atoms with van der Waals surface area (Å²) in [5, 5.41) is 17.9. The van der Waals surface area contributed by atoms with E-state index in [2.05, 4.69) is 24.2 Å². The average Bonchev–Trinajstić information content (AvgIpc) is 2.78. The van der Waals surface area contributed by atoms with Crippen molar-refractivity contribution in [3.05, 3.63) is 11.9 Å². The van der Waals surface area contributed by atoms with Crippen LogP contribution in [0.15, 0.2) is 6.20 Å². The van der Waals surface area contributed by atoms with Gasteiger partial charge in [0.2, 0.25) is 0 Å². The zero-order valence-electron chi connectivity index (χ0n) is 11.8. The first kappa shape index (κ1) is 14.4. The second-order valence-electron chi connectivity index (χ2n) is 5.54. The third-order valence-corrected chi connectivity index (χ3v) is 3.25. The predicted octanol–water partition coefficient (Wildman–Crippen LogP) is 0.989. The molecule has 1 N–H and O–H groups in total. The molecule has 6 heteroatoms. The summed E-state index contributed by atoms with van der Waals surface area (Å²) in [6, 6.07) is 0. The minimum atomic E-state index is -0.534. The number of ether oxygens (including phenoxy) is 2. The maximum atomic E-state index is 9.67. The lowest BCUT2D eigenvalue weighted by Crippen LogP contribution is -2.41. The monoisotopic (exact) mass is 269 g/mol. The van der Waals surface area contributed by atoms with Crippen LogP contribution in [0, 0.1) is 5.92 Å². The van der Waals surface area contributed by atoms with Gasteiger partial charge in [-0.15, -0.1) is 5.10 Å². The third-order valence-electron chi connectivity index (χ3n) is 3.25. The molecule has 0 amide bonds. The molecule has 1 fully saturated rings. The number of rotatable bonds is 5. The molecule has 6 nitrogen and oxygen atoms in total. The fourth-order valence-electron chi connectivity index (χ4n) is 2.34. The van der Waals surface area contributed by atoms with Crippen molar-refractivity contribution in [2.75, 3.05) is 7.11 Å². The number of hydrogen-bond donors (Lipinski definition) is 1. The Kier molecular flexibility index (Phi) is 4.90. The zero-order chi connectivity index (χ0) is 13.8. The van der Waals surface area contributed by atoms with E-state index >= 15 is 0 Å². The molecule has 1 aliphatic rings. The van der Waals surface area contributed by atoms with Gasteiger partial charge >= 0.3 is 0 Å². The molecule has 0 spiro atoms. The van der Waals surface area contributed by atoms with E-state index in [1.807, 2.05) is 10.9 Å². The van der Waals surface area contributed by atoms with Crippen LogP contribution in [0.3, 0.4) is 0 Å². The summed E-state index contributed by atoms with van der Waals surface area (Å²) in [6.45, 7) is 4.97. The molecule has 2 unspecified atom stereocenters. The van der Waals surface area contributed by atoms with Gasteiger partial charge in [-0.2, -0.15) is 0 Å². The molecular formula is C13H23N3O3. The quantitative estimate of drug-likeness (QED) is 0.863. The Labute approximate surface area is 113 Å². The normalized spacial score (nSPS) is 27.9. The van der Waals surface area contributed by atoms with Crippen LogP contribution in [-0.2, 0) is 22.4 Å². The molecule has 2 rings (SSSR count). The van der Waals surface area contributed by atoms with Crippen molar-refractivity contribution in [2.45, 2.75) is 58.2 Å². The van der Waals surface area contributed by atoms with Crippen molar-refractivity contribution in [1.29, 1.82) is 0 Å². The second-order valence-corrected chi connectivity index (χ2v) is 5.54. The van der Waals surface area contributed by atoms with Crippen LogP contribution in [0.5, 0.6) is 0 Å². The maximum absolute atomic E-state index is 9.67. The molecule has 2 heterocycles. The van der Waals surface area contributed by atoms with Crippen molar-refractivity contribution in [2.24, 2.45) is 5.92 Å². The van der Waals surface area contributed by atoms with Crippen LogP contribution >= 0.6 is 0 Å². The van der Waals surface area contributed by atoms with Gasteiger partial charge in [0.1, 0.15) is 6.10 Å². The topological polar surface area (TPSA) is 69.4 Å². The summed E-state index contributed by atoms with van der Waals surface area (Å²) < 4.78 is 12.6. The van der Waals surface area contributed by atoms with Gasteiger partial charge in [-0.1, -0.05) is 19.1 Å². The van der Waals surface area contributed by atoms with Gasteiger partial charge in [-0.25, -0.2) is 4.68 Å². The van der Waals surface area contributed by atoms with Gasteiger partial charge in [0, 0.05) is 13.3 Å². The lowest BCUT2D eigenvalue weighted by Gasteiger charge is -2.32. The predicted molar refractivity (Wildman–Crippen MR) is 69.5 cm³/mol. The van der Waals surface area contributed by atoms with E-state index in [9.17, 15) is 5.11 Å². The van der Waals surface area contributed by atoms with E-state index in [-0.39, 0.29) is 6.10 Å². The van der Waals surface area contributed by atoms with Crippen molar-refractivity contribution in [3.8, 4) is 0 Å². The van der Waals surface area contributed by atoms with Crippen LogP contribution in [0.4, 0.5) is 0 Å². The van der Waals surface area contributed by atoms with Crippen molar-refractivity contribution < 1.29 is 14.6 Å². The number of aliphatic hydroxyl groups excluding tert-OH is 1. The summed E-state index contributed by atoms with van der Waals surface area (Å²) in [4.78, 5) is 0. The largest absolute Gasteiger partial charge is 0.388 e. The van der Waals surface area contributed by atoms with E-state index < -0.39 is 12.4 Å².